The van der Waals surface area contributed by atoms with Gasteiger partial charge in [0.25, 0.3) is 0 Å². The molecule has 0 aromatic rings. The van der Waals surface area contributed by atoms with E-state index in [2.05, 4.69) is 19.1 Å². The number of ether oxygens (including phenoxy) is 2. The lowest BCUT2D eigenvalue weighted by molar-refractivity contribution is -0.148. The van der Waals surface area contributed by atoms with E-state index in [4.69, 9.17) is 30.3 Å². The summed E-state index contributed by atoms with van der Waals surface area (Å²) in [7, 11) is 1.59. The van der Waals surface area contributed by atoms with Gasteiger partial charge in [-0.2, -0.15) is 0 Å². The Hall–Kier alpha value is 0.0900. The van der Waals surface area contributed by atoms with Crippen LogP contribution in [0, 0.1) is 0 Å². The number of methoxy groups -OCH3 is 1. The van der Waals surface area contributed by atoms with E-state index in [9.17, 15) is 4.79 Å². The van der Waals surface area contributed by atoms with Crippen molar-refractivity contribution in [3.63, 3.8) is 0 Å². The molecule has 0 aromatic carbocycles. The minimum Gasteiger partial charge on any atom is -0.463 e. The van der Waals surface area contributed by atoms with Crippen LogP contribution in [0.2, 0.25) is 0 Å². The number of hydrogen-bond acceptors (Lipinski definition) is 7. The molecule has 1 rings (SSSR count). The van der Waals surface area contributed by atoms with Crippen molar-refractivity contribution in [3.05, 3.63) is 12.2 Å². The first kappa shape index (κ1) is 30.1. The molecular formula is C24H45O5PS2. The zero-order valence-corrected chi connectivity index (χ0v) is 22.8. The first-order chi connectivity index (χ1) is 15.6. The van der Waals surface area contributed by atoms with Crippen molar-refractivity contribution in [1.82, 2.24) is 0 Å². The second-order valence-corrected chi connectivity index (χ2v) is 14.7. The summed E-state index contributed by atoms with van der Waals surface area (Å²) in [5.41, 5.74) is -2.21. The lowest BCUT2D eigenvalue weighted by Gasteiger charge is -2.19. The highest BCUT2D eigenvalue weighted by molar-refractivity contribution is 8.68. The van der Waals surface area contributed by atoms with Crippen LogP contribution >= 0.6 is 17.1 Å². The van der Waals surface area contributed by atoms with Gasteiger partial charge < -0.3 is 18.5 Å². The molecule has 32 heavy (non-hydrogen) atoms. The largest absolute Gasteiger partial charge is 0.463 e. The summed E-state index contributed by atoms with van der Waals surface area (Å²) < 4.78 is 21.9. The molecule has 1 fully saturated rings. The lowest BCUT2D eigenvalue weighted by atomic mass is 10.1. The molecule has 188 valence electrons. The SMILES string of the molecule is CCCCCCCC/C=C\CCCCCCCC(=O)OCC(COP1(=S)OCCS1)OC. The molecule has 0 aromatic heterocycles. The van der Waals surface area contributed by atoms with Crippen molar-refractivity contribution < 1.29 is 23.3 Å². The second-order valence-electron chi connectivity index (χ2n) is 8.28. The van der Waals surface area contributed by atoms with Gasteiger partial charge in [-0.15, -0.1) is 0 Å². The highest BCUT2D eigenvalue weighted by atomic mass is 32.9. The van der Waals surface area contributed by atoms with Gasteiger partial charge in [0.05, 0.1) is 13.2 Å². The van der Waals surface area contributed by atoms with E-state index in [1.807, 2.05) is 0 Å². The smallest absolute Gasteiger partial charge is 0.305 e. The third-order valence-corrected chi connectivity index (χ3v) is 10.7. The molecule has 1 heterocycles. The van der Waals surface area contributed by atoms with Gasteiger partial charge in [-0.3, -0.25) is 4.79 Å². The maximum Gasteiger partial charge on any atom is 0.305 e. The molecule has 0 radical (unpaired) electrons. The van der Waals surface area contributed by atoms with Gasteiger partial charge in [-0.05, 0) is 43.9 Å². The van der Waals surface area contributed by atoms with E-state index < -0.39 is 5.69 Å². The van der Waals surface area contributed by atoms with Crippen LogP contribution in [0.25, 0.3) is 0 Å². The Morgan fingerprint density at radius 2 is 1.62 bits per heavy atom. The molecule has 0 bridgehead atoms. The van der Waals surface area contributed by atoms with Crippen LogP contribution in [0.1, 0.15) is 96.8 Å². The Bertz CT molecular complexity index is 534. The van der Waals surface area contributed by atoms with E-state index in [0.29, 0.717) is 19.6 Å². The third kappa shape index (κ3) is 16.7. The van der Waals surface area contributed by atoms with Crippen molar-refractivity contribution in [1.29, 1.82) is 0 Å². The Morgan fingerprint density at radius 1 is 1.00 bits per heavy atom. The quantitative estimate of drug-likeness (QED) is 0.0685. The van der Waals surface area contributed by atoms with Crippen LogP contribution in [0.4, 0.5) is 0 Å². The Morgan fingerprint density at radius 3 is 2.22 bits per heavy atom. The number of carbonyl (C=O) groups is 1. The predicted octanol–water partition coefficient (Wildman–Crippen LogP) is 7.59. The van der Waals surface area contributed by atoms with Crippen molar-refractivity contribution in [2.24, 2.45) is 0 Å². The molecule has 2 unspecified atom stereocenters. The number of unbranched alkanes of at least 4 members (excludes halogenated alkanes) is 11. The summed E-state index contributed by atoms with van der Waals surface area (Å²) in [5.74, 6) is 0.707. The molecule has 1 saturated heterocycles. The number of allylic oxidation sites excluding steroid dienone is 2. The average Bonchev–Trinajstić information content (AvgIpc) is 3.23. The molecule has 5 nitrogen and oxygen atoms in total. The number of rotatable bonds is 21. The molecule has 2 atom stereocenters. The average molecular weight is 509 g/mol. The van der Waals surface area contributed by atoms with Gasteiger partial charge in [0, 0.05) is 19.3 Å². The summed E-state index contributed by atoms with van der Waals surface area (Å²) >= 11 is 6.94. The van der Waals surface area contributed by atoms with Crippen LogP contribution in [0.5, 0.6) is 0 Å². The molecular weight excluding hydrogens is 463 g/mol. The molecule has 0 N–H and O–H groups in total. The van der Waals surface area contributed by atoms with Crippen molar-refractivity contribution in [3.8, 4) is 0 Å². The summed E-state index contributed by atoms with van der Waals surface area (Å²) in [6.07, 6.45) is 21.0. The minimum atomic E-state index is -2.21. The maximum absolute atomic E-state index is 12.0. The Kier molecular flexibility index (Phi) is 19.3. The topological polar surface area (TPSA) is 54.0 Å². The Balaban J connectivity index is 1.90. The normalized spacial score (nSPS) is 19.6. The first-order valence-corrected chi connectivity index (χ1v) is 16.7. The number of esters is 1. The fourth-order valence-corrected chi connectivity index (χ4v) is 7.58. The standard InChI is InChI=1S/C24H45O5PS2/c1-3-4-5-6-7-8-9-10-11-12-13-14-15-16-17-18-24(25)27-21-23(26-2)22-29-30(31)28-19-20-32-30/h10-11,23H,3-9,12-22H2,1-2H3/b11-10-. The summed E-state index contributed by atoms with van der Waals surface area (Å²) in [5, 5.41) is 0. The third-order valence-electron chi connectivity index (χ3n) is 5.41. The van der Waals surface area contributed by atoms with E-state index in [-0.39, 0.29) is 18.7 Å². The molecule has 0 spiro atoms. The highest BCUT2D eigenvalue weighted by Gasteiger charge is 2.27. The zero-order chi connectivity index (χ0) is 23.3. The van der Waals surface area contributed by atoms with Crippen LogP contribution in [0.15, 0.2) is 12.2 Å². The van der Waals surface area contributed by atoms with Gasteiger partial charge in [0.1, 0.15) is 12.7 Å². The zero-order valence-electron chi connectivity index (χ0n) is 20.3. The van der Waals surface area contributed by atoms with E-state index in [1.165, 1.54) is 70.6 Å². The van der Waals surface area contributed by atoms with E-state index in [1.54, 1.807) is 18.5 Å². The van der Waals surface area contributed by atoms with E-state index in [0.717, 1.165) is 18.6 Å². The number of hydrogen-bond donors (Lipinski definition) is 0. The van der Waals surface area contributed by atoms with Crippen molar-refractivity contribution in [2.75, 3.05) is 32.7 Å². The predicted molar refractivity (Wildman–Crippen MR) is 140 cm³/mol. The summed E-state index contributed by atoms with van der Waals surface area (Å²) in [4.78, 5) is 12.0. The molecule has 8 heteroatoms. The second kappa shape index (κ2) is 20.5. The fourth-order valence-electron chi connectivity index (χ4n) is 3.37. The van der Waals surface area contributed by atoms with Crippen molar-refractivity contribution >= 4 is 34.9 Å². The lowest BCUT2D eigenvalue weighted by Crippen LogP contribution is -2.25. The van der Waals surface area contributed by atoms with Gasteiger partial charge >= 0.3 is 5.97 Å². The summed E-state index contributed by atoms with van der Waals surface area (Å²) in [6.45, 7) is 3.39. The van der Waals surface area contributed by atoms with Crippen LogP contribution in [-0.2, 0) is 35.1 Å². The molecule has 0 aliphatic carbocycles. The van der Waals surface area contributed by atoms with Gasteiger partial charge in [-0.25, -0.2) is 0 Å². The van der Waals surface area contributed by atoms with Gasteiger partial charge in [-0.1, -0.05) is 81.8 Å². The van der Waals surface area contributed by atoms with Crippen molar-refractivity contribution in [2.45, 2.75) is 103 Å². The van der Waals surface area contributed by atoms with E-state index >= 15 is 0 Å². The van der Waals surface area contributed by atoms with Crippen LogP contribution in [0.3, 0.4) is 0 Å². The molecule has 0 amide bonds. The maximum atomic E-state index is 12.0. The first-order valence-electron chi connectivity index (χ1n) is 12.5. The fraction of sp³-hybridized carbons (Fsp3) is 0.875. The van der Waals surface area contributed by atoms with Crippen LogP contribution < -0.4 is 0 Å². The highest BCUT2D eigenvalue weighted by Crippen LogP contribution is 2.64. The molecule has 0 saturated carbocycles. The molecule has 1 aliphatic heterocycles. The monoisotopic (exact) mass is 508 g/mol. The van der Waals surface area contributed by atoms with Gasteiger partial charge in [0.15, 0.2) is 0 Å². The summed E-state index contributed by atoms with van der Waals surface area (Å²) in [6, 6.07) is 0. The Labute approximate surface area is 205 Å². The van der Waals surface area contributed by atoms with Gasteiger partial charge in [0.2, 0.25) is 5.69 Å². The number of carbonyl (C=O) groups excluding carboxylic acids is 1. The van der Waals surface area contributed by atoms with Crippen LogP contribution in [-0.4, -0.2) is 44.8 Å². The molecule has 1 aliphatic rings. The minimum absolute atomic E-state index is 0.168.